The molecule has 1 aromatic carbocycles. The first kappa shape index (κ1) is 12.2. The number of methoxy groups -OCH3 is 1. The second-order valence-corrected chi connectivity index (χ2v) is 4.80. The van der Waals surface area contributed by atoms with Crippen molar-refractivity contribution in [3.63, 3.8) is 0 Å². The number of hydrogen-bond donors (Lipinski definition) is 0. The van der Waals surface area contributed by atoms with Gasteiger partial charge in [-0.25, -0.2) is 4.79 Å². The number of hydrogen-bond acceptors (Lipinski definition) is 2. The number of carbonyl (C=O) groups is 1. The fourth-order valence-corrected chi connectivity index (χ4v) is 2.33. The van der Waals surface area contributed by atoms with E-state index in [1.165, 1.54) is 7.11 Å². The molecule has 0 saturated carbocycles. The highest BCUT2D eigenvalue weighted by molar-refractivity contribution is 9.10. The Bertz CT molecular complexity index is 560. The van der Waals surface area contributed by atoms with Gasteiger partial charge < -0.3 is 9.30 Å². The van der Waals surface area contributed by atoms with Gasteiger partial charge in [-0.2, -0.15) is 0 Å². The van der Waals surface area contributed by atoms with E-state index in [1.807, 2.05) is 24.4 Å². The molecule has 0 aliphatic heterocycles. The van der Waals surface area contributed by atoms with Crippen molar-refractivity contribution < 1.29 is 9.53 Å². The number of ether oxygens (including phenoxy) is 1. The summed E-state index contributed by atoms with van der Waals surface area (Å²) in [5, 5.41) is 0.930. The van der Waals surface area contributed by atoms with Gasteiger partial charge in [-0.05, 0) is 24.6 Å². The zero-order chi connectivity index (χ0) is 12.4. The molecule has 2 aromatic rings. The van der Waals surface area contributed by atoms with Gasteiger partial charge in [0.05, 0.1) is 12.7 Å². The van der Waals surface area contributed by atoms with Gasteiger partial charge in [-0.15, -0.1) is 0 Å². The van der Waals surface area contributed by atoms with E-state index >= 15 is 0 Å². The first-order valence-corrected chi connectivity index (χ1v) is 6.33. The monoisotopic (exact) mass is 295 g/mol. The Labute approximate surface area is 108 Å². The van der Waals surface area contributed by atoms with Crippen LogP contribution in [0.1, 0.15) is 23.7 Å². The van der Waals surface area contributed by atoms with Crippen molar-refractivity contribution in [3.05, 3.63) is 34.4 Å². The van der Waals surface area contributed by atoms with Gasteiger partial charge in [-0.1, -0.05) is 22.9 Å². The normalized spacial score (nSPS) is 10.8. The standard InChI is InChI=1S/C13H14BrNO2/c1-3-6-15-8-11(13(16)17-2)10-7-9(14)4-5-12(10)15/h4-5,7-8H,3,6H2,1-2H3. The van der Waals surface area contributed by atoms with E-state index in [9.17, 15) is 4.79 Å². The second kappa shape index (κ2) is 4.92. The highest BCUT2D eigenvalue weighted by Crippen LogP contribution is 2.26. The Hall–Kier alpha value is -1.29. The molecule has 2 rings (SSSR count). The zero-order valence-electron chi connectivity index (χ0n) is 9.87. The van der Waals surface area contributed by atoms with E-state index in [2.05, 4.69) is 27.4 Å². The summed E-state index contributed by atoms with van der Waals surface area (Å²) in [6.45, 7) is 3.01. The quantitative estimate of drug-likeness (QED) is 0.810. The van der Waals surface area contributed by atoms with E-state index in [0.29, 0.717) is 5.56 Å². The summed E-state index contributed by atoms with van der Waals surface area (Å²) in [5.41, 5.74) is 1.69. The maximum Gasteiger partial charge on any atom is 0.340 e. The Morgan fingerprint density at radius 2 is 2.24 bits per heavy atom. The number of carbonyl (C=O) groups excluding carboxylic acids is 1. The maximum absolute atomic E-state index is 11.7. The molecule has 0 saturated heterocycles. The molecule has 0 aliphatic rings. The first-order chi connectivity index (χ1) is 8.17. The van der Waals surface area contributed by atoms with Crippen molar-refractivity contribution >= 4 is 32.8 Å². The Balaban J connectivity index is 2.66. The molecule has 0 N–H and O–H groups in total. The predicted molar refractivity (Wildman–Crippen MR) is 71.3 cm³/mol. The lowest BCUT2D eigenvalue weighted by molar-refractivity contribution is 0.0602. The summed E-state index contributed by atoms with van der Waals surface area (Å²) < 4.78 is 7.86. The van der Waals surface area contributed by atoms with E-state index in [-0.39, 0.29) is 5.97 Å². The van der Waals surface area contributed by atoms with Crippen LogP contribution in [0.4, 0.5) is 0 Å². The van der Waals surface area contributed by atoms with Crippen LogP contribution in [0.15, 0.2) is 28.9 Å². The summed E-state index contributed by atoms with van der Waals surface area (Å²) in [6.07, 6.45) is 2.90. The van der Waals surface area contributed by atoms with Gasteiger partial charge in [0, 0.05) is 28.1 Å². The molecular formula is C13H14BrNO2. The van der Waals surface area contributed by atoms with Crippen LogP contribution < -0.4 is 0 Å². The van der Waals surface area contributed by atoms with Crippen molar-refractivity contribution in [1.82, 2.24) is 4.57 Å². The largest absolute Gasteiger partial charge is 0.465 e. The molecule has 0 aliphatic carbocycles. The van der Waals surface area contributed by atoms with Crippen molar-refractivity contribution in [2.24, 2.45) is 0 Å². The first-order valence-electron chi connectivity index (χ1n) is 5.54. The van der Waals surface area contributed by atoms with Crippen LogP contribution in [0.2, 0.25) is 0 Å². The maximum atomic E-state index is 11.7. The number of nitrogens with zero attached hydrogens (tertiary/aromatic N) is 1. The molecule has 17 heavy (non-hydrogen) atoms. The topological polar surface area (TPSA) is 31.2 Å². The summed E-state index contributed by atoms with van der Waals surface area (Å²) in [6, 6.07) is 5.95. The van der Waals surface area contributed by atoms with Crippen molar-refractivity contribution in [2.45, 2.75) is 19.9 Å². The number of halogens is 1. The fourth-order valence-electron chi connectivity index (χ4n) is 1.97. The number of aryl methyl sites for hydroxylation is 1. The van der Waals surface area contributed by atoms with Crippen LogP contribution in [0, 0.1) is 0 Å². The molecule has 0 bridgehead atoms. The van der Waals surface area contributed by atoms with Crippen molar-refractivity contribution in [2.75, 3.05) is 7.11 Å². The summed E-state index contributed by atoms with van der Waals surface area (Å²) in [4.78, 5) is 11.7. The van der Waals surface area contributed by atoms with Gasteiger partial charge in [0.15, 0.2) is 0 Å². The minimum atomic E-state index is -0.289. The minimum absolute atomic E-state index is 0.289. The predicted octanol–water partition coefficient (Wildman–Crippen LogP) is 3.60. The molecule has 1 aromatic heterocycles. The molecule has 4 heteroatoms. The molecule has 3 nitrogen and oxygen atoms in total. The van der Waals surface area contributed by atoms with Gasteiger partial charge >= 0.3 is 5.97 Å². The molecule has 0 unspecified atom stereocenters. The van der Waals surface area contributed by atoms with Gasteiger partial charge in [0.25, 0.3) is 0 Å². The highest BCUT2D eigenvalue weighted by Gasteiger charge is 2.15. The average Bonchev–Trinajstić information content (AvgIpc) is 2.67. The van der Waals surface area contributed by atoms with Crippen molar-refractivity contribution in [1.29, 1.82) is 0 Å². The van der Waals surface area contributed by atoms with Crippen LogP contribution in [0.25, 0.3) is 10.9 Å². The van der Waals surface area contributed by atoms with E-state index in [0.717, 1.165) is 28.3 Å². The molecule has 0 spiro atoms. The smallest absolute Gasteiger partial charge is 0.340 e. The minimum Gasteiger partial charge on any atom is -0.465 e. The molecule has 0 atom stereocenters. The van der Waals surface area contributed by atoms with Gasteiger partial charge in [-0.3, -0.25) is 0 Å². The van der Waals surface area contributed by atoms with E-state index in [4.69, 9.17) is 4.74 Å². The molecule has 1 heterocycles. The second-order valence-electron chi connectivity index (χ2n) is 3.89. The Morgan fingerprint density at radius 3 is 2.88 bits per heavy atom. The number of fused-ring (bicyclic) bond motifs is 1. The number of rotatable bonds is 3. The molecular weight excluding hydrogens is 282 g/mol. The Kier molecular flexibility index (Phi) is 3.52. The van der Waals surface area contributed by atoms with Gasteiger partial charge in [0.2, 0.25) is 0 Å². The van der Waals surface area contributed by atoms with Crippen LogP contribution >= 0.6 is 15.9 Å². The van der Waals surface area contributed by atoms with Crippen LogP contribution in [0.3, 0.4) is 0 Å². The molecule has 0 radical (unpaired) electrons. The van der Waals surface area contributed by atoms with Crippen LogP contribution in [-0.2, 0) is 11.3 Å². The lowest BCUT2D eigenvalue weighted by Crippen LogP contribution is -2.00. The molecule has 90 valence electrons. The average molecular weight is 296 g/mol. The summed E-state index contributed by atoms with van der Waals surface area (Å²) in [7, 11) is 1.41. The molecule has 0 fully saturated rings. The number of aromatic nitrogens is 1. The summed E-state index contributed by atoms with van der Waals surface area (Å²) >= 11 is 3.42. The highest BCUT2D eigenvalue weighted by atomic mass is 79.9. The number of esters is 1. The van der Waals surface area contributed by atoms with E-state index in [1.54, 1.807) is 0 Å². The lowest BCUT2D eigenvalue weighted by Gasteiger charge is -2.01. The molecule has 0 amide bonds. The van der Waals surface area contributed by atoms with Crippen LogP contribution in [0.5, 0.6) is 0 Å². The SMILES string of the molecule is CCCn1cc(C(=O)OC)c2cc(Br)ccc21. The number of benzene rings is 1. The Morgan fingerprint density at radius 1 is 1.47 bits per heavy atom. The summed E-state index contributed by atoms with van der Waals surface area (Å²) in [5.74, 6) is -0.289. The van der Waals surface area contributed by atoms with Crippen LogP contribution in [-0.4, -0.2) is 17.6 Å². The zero-order valence-corrected chi connectivity index (χ0v) is 11.5. The van der Waals surface area contributed by atoms with Gasteiger partial charge in [0.1, 0.15) is 0 Å². The third-order valence-electron chi connectivity index (χ3n) is 2.71. The van der Waals surface area contributed by atoms with Crippen molar-refractivity contribution in [3.8, 4) is 0 Å². The fraction of sp³-hybridized carbons (Fsp3) is 0.308. The lowest BCUT2D eigenvalue weighted by atomic mass is 10.2. The van der Waals surface area contributed by atoms with E-state index < -0.39 is 0 Å². The third-order valence-corrected chi connectivity index (χ3v) is 3.21. The third kappa shape index (κ3) is 2.22.